The Morgan fingerprint density at radius 1 is 1.36 bits per heavy atom. The molecule has 1 aliphatic carbocycles. The lowest BCUT2D eigenvalue weighted by molar-refractivity contribution is 0.323. The highest BCUT2D eigenvalue weighted by Crippen LogP contribution is 2.44. The monoisotopic (exact) mass is 390 g/mol. The number of methoxy groups -OCH3 is 1. The fourth-order valence-electron chi connectivity index (χ4n) is 3.97. The molecule has 4 heterocycles. The predicted octanol–water partition coefficient (Wildman–Crippen LogP) is 3.01. The van der Waals surface area contributed by atoms with Crippen LogP contribution in [0.25, 0.3) is 17.0 Å². The van der Waals surface area contributed by atoms with Crippen molar-refractivity contribution >= 4 is 21.7 Å². The van der Waals surface area contributed by atoms with Crippen molar-refractivity contribution in [3.05, 3.63) is 42.2 Å². The van der Waals surface area contributed by atoms with Gasteiger partial charge in [0.2, 0.25) is 0 Å². The Morgan fingerprint density at radius 3 is 2.89 bits per heavy atom. The minimum absolute atomic E-state index is 0.378. The summed E-state index contributed by atoms with van der Waals surface area (Å²) < 4.78 is 7.73. The van der Waals surface area contributed by atoms with E-state index in [4.69, 9.17) is 9.72 Å². The van der Waals surface area contributed by atoms with Crippen LogP contribution in [0.1, 0.15) is 31.2 Å². The number of ether oxygens (including phenoxy) is 1. The van der Waals surface area contributed by atoms with E-state index in [0.717, 1.165) is 35.1 Å². The fraction of sp³-hybridized carbons (Fsp3) is 0.429. The Kier molecular flexibility index (Phi) is 4.36. The Labute approximate surface area is 168 Å². The number of fused-ring (bicyclic) bond motifs is 1. The maximum Gasteiger partial charge on any atom is 0.140 e. The second-order valence-corrected chi connectivity index (χ2v) is 8.74. The Bertz CT molecular complexity index is 1010. The van der Waals surface area contributed by atoms with E-state index in [9.17, 15) is 0 Å². The van der Waals surface area contributed by atoms with Gasteiger partial charge in [0.25, 0.3) is 0 Å². The van der Waals surface area contributed by atoms with Crippen LogP contribution >= 0.6 is 0 Å². The summed E-state index contributed by atoms with van der Waals surface area (Å²) in [5, 5.41) is 7.01. The predicted molar refractivity (Wildman–Crippen MR) is 111 cm³/mol. The lowest BCUT2D eigenvalue weighted by atomic mass is 9.97. The molecule has 0 bridgehead atoms. The summed E-state index contributed by atoms with van der Waals surface area (Å²) in [5.41, 5.74) is 4.47. The second-order valence-electron chi connectivity index (χ2n) is 7.82. The molecule has 143 valence electrons. The van der Waals surface area contributed by atoms with Crippen LogP contribution < -0.4 is 15.4 Å². The van der Waals surface area contributed by atoms with Crippen molar-refractivity contribution in [1.29, 1.82) is 0 Å². The van der Waals surface area contributed by atoms with Gasteiger partial charge in [0.15, 0.2) is 0 Å². The van der Waals surface area contributed by atoms with Crippen molar-refractivity contribution in [2.24, 2.45) is 0 Å². The van der Waals surface area contributed by atoms with Crippen LogP contribution in [0, 0.1) is 0 Å². The maximum atomic E-state index is 5.59. The van der Waals surface area contributed by atoms with Gasteiger partial charge < -0.3 is 15.4 Å². The number of nitrogens with zero attached hydrogens (tertiary/aromatic N) is 3. The van der Waals surface area contributed by atoms with Crippen LogP contribution in [0.3, 0.4) is 0 Å². The molecule has 28 heavy (non-hydrogen) atoms. The molecule has 3 atom stereocenters. The average Bonchev–Trinajstić information content (AvgIpc) is 3.43. The number of hydrogen-bond acceptors (Lipinski definition) is 5. The van der Waals surface area contributed by atoms with E-state index < -0.39 is 0 Å². The standard InChI is InChI=1S/C21H24N5OSi/c1-12(28)21-16(9-23-21)25-19-5-3-4-15(24-19)17-10-22-20-8-18(27-2)14(11-26(17)20)13-6-7-13/h3-5,8,10-13,16,21,23H,6-7,9H2,1-2H3,(H,24,25)/t12?,16-,21?/m1/s1. The quantitative estimate of drug-likeness (QED) is 0.634. The molecule has 2 unspecified atom stereocenters. The summed E-state index contributed by atoms with van der Waals surface area (Å²) in [6.07, 6.45) is 6.53. The van der Waals surface area contributed by atoms with E-state index >= 15 is 0 Å². The fourth-order valence-corrected chi connectivity index (χ4v) is 4.32. The van der Waals surface area contributed by atoms with Crippen LogP contribution in [0.2, 0.25) is 5.54 Å². The number of rotatable bonds is 6. The number of aromatic nitrogens is 3. The first-order valence-electron chi connectivity index (χ1n) is 9.87. The normalized spacial score (nSPS) is 22.7. The van der Waals surface area contributed by atoms with Crippen molar-refractivity contribution in [3.63, 3.8) is 0 Å². The molecule has 2 N–H and O–H groups in total. The Hall–Kier alpha value is -2.38. The lowest BCUT2D eigenvalue weighted by Gasteiger charge is -2.41. The zero-order valence-corrected chi connectivity index (χ0v) is 17.1. The molecule has 0 spiro atoms. The molecule has 2 aliphatic rings. The van der Waals surface area contributed by atoms with Gasteiger partial charge in [-0.3, -0.25) is 4.40 Å². The summed E-state index contributed by atoms with van der Waals surface area (Å²) >= 11 is 0. The van der Waals surface area contributed by atoms with E-state index in [-0.39, 0.29) is 0 Å². The van der Waals surface area contributed by atoms with Gasteiger partial charge in [-0.1, -0.05) is 13.0 Å². The van der Waals surface area contributed by atoms with Gasteiger partial charge in [0, 0.05) is 40.7 Å². The highest BCUT2D eigenvalue weighted by Gasteiger charge is 2.32. The number of anilines is 1. The van der Waals surface area contributed by atoms with Crippen LogP contribution in [0.5, 0.6) is 5.75 Å². The molecule has 6 nitrogen and oxygen atoms in total. The van der Waals surface area contributed by atoms with E-state index in [2.05, 4.69) is 43.4 Å². The molecule has 0 amide bonds. The number of hydrogen-bond donors (Lipinski definition) is 2. The van der Waals surface area contributed by atoms with Gasteiger partial charge in [-0.05, 0) is 36.4 Å². The molecule has 1 aliphatic heterocycles. The zero-order chi connectivity index (χ0) is 19.3. The van der Waals surface area contributed by atoms with E-state index in [1.165, 1.54) is 18.4 Å². The number of pyridine rings is 2. The van der Waals surface area contributed by atoms with Gasteiger partial charge in [0.1, 0.15) is 17.2 Å². The Morgan fingerprint density at radius 2 is 2.21 bits per heavy atom. The number of imidazole rings is 1. The highest BCUT2D eigenvalue weighted by atomic mass is 28.1. The van der Waals surface area contributed by atoms with Gasteiger partial charge >= 0.3 is 0 Å². The van der Waals surface area contributed by atoms with E-state index in [1.807, 2.05) is 30.5 Å². The summed E-state index contributed by atoms with van der Waals surface area (Å²) in [6.45, 7) is 3.11. The minimum Gasteiger partial charge on any atom is -0.496 e. The second kappa shape index (κ2) is 6.90. The summed E-state index contributed by atoms with van der Waals surface area (Å²) in [7, 11) is 5.45. The molecule has 7 heteroatoms. The van der Waals surface area contributed by atoms with E-state index in [1.54, 1.807) is 7.11 Å². The smallest absolute Gasteiger partial charge is 0.140 e. The first-order valence-corrected chi connectivity index (χ1v) is 10.4. The minimum atomic E-state index is 0.378. The Balaban J connectivity index is 1.48. The first-order chi connectivity index (χ1) is 13.6. The van der Waals surface area contributed by atoms with Gasteiger partial charge in [0.05, 0.1) is 30.7 Å². The first kappa shape index (κ1) is 17.7. The van der Waals surface area contributed by atoms with Crippen molar-refractivity contribution in [2.45, 2.75) is 43.3 Å². The van der Waals surface area contributed by atoms with Crippen LogP contribution in [0.15, 0.2) is 36.7 Å². The zero-order valence-electron chi connectivity index (χ0n) is 16.1. The molecule has 3 radical (unpaired) electrons. The largest absolute Gasteiger partial charge is 0.496 e. The van der Waals surface area contributed by atoms with Crippen LogP contribution in [-0.2, 0) is 0 Å². The number of nitrogens with one attached hydrogen (secondary N) is 2. The van der Waals surface area contributed by atoms with Gasteiger partial charge in [-0.15, -0.1) is 0 Å². The molecule has 1 saturated heterocycles. The molecule has 2 fully saturated rings. The SMILES string of the molecule is COc1cc2ncc(-c3cccc(N[C@@H]4CNC4C(C)[Si])n3)n2cc1C1CC1. The van der Waals surface area contributed by atoms with Gasteiger partial charge in [-0.25, -0.2) is 9.97 Å². The third kappa shape index (κ3) is 3.08. The summed E-state index contributed by atoms with van der Waals surface area (Å²) in [6, 6.07) is 8.93. The third-order valence-corrected chi connectivity index (χ3v) is 6.13. The molecular weight excluding hydrogens is 366 g/mol. The average molecular weight is 391 g/mol. The van der Waals surface area contributed by atoms with Crippen LogP contribution in [-0.4, -0.2) is 50.3 Å². The highest BCUT2D eigenvalue weighted by molar-refractivity contribution is 6.12. The molecule has 5 rings (SSSR count). The van der Waals surface area contributed by atoms with Gasteiger partial charge in [-0.2, -0.15) is 0 Å². The lowest BCUT2D eigenvalue weighted by Crippen LogP contribution is -2.62. The molecule has 3 aromatic heterocycles. The summed E-state index contributed by atoms with van der Waals surface area (Å²) in [4.78, 5) is 9.45. The van der Waals surface area contributed by atoms with Crippen molar-refractivity contribution in [3.8, 4) is 17.1 Å². The van der Waals surface area contributed by atoms with Crippen LogP contribution in [0.4, 0.5) is 5.82 Å². The third-order valence-electron chi connectivity index (χ3n) is 5.77. The molecule has 0 aromatic carbocycles. The molecule has 3 aromatic rings. The molecule has 1 saturated carbocycles. The van der Waals surface area contributed by atoms with Crippen molar-refractivity contribution in [2.75, 3.05) is 19.0 Å². The van der Waals surface area contributed by atoms with Crippen molar-refractivity contribution in [1.82, 2.24) is 19.7 Å². The molecular formula is C21H24N5OSi. The topological polar surface area (TPSA) is 63.5 Å². The summed E-state index contributed by atoms with van der Waals surface area (Å²) in [5.74, 6) is 2.43. The maximum absolute atomic E-state index is 5.59. The van der Waals surface area contributed by atoms with E-state index in [0.29, 0.717) is 23.5 Å². The van der Waals surface area contributed by atoms with Crippen molar-refractivity contribution < 1.29 is 4.74 Å².